The quantitative estimate of drug-likeness (QED) is 0.787. The topological polar surface area (TPSA) is 38.3 Å². The highest BCUT2D eigenvalue weighted by molar-refractivity contribution is 6.03. The van der Waals surface area contributed by atoms with Crippen LogP contribution in [0.4, 0.5) is 5.69 Å². The van der Waals surface area contributed by atoms with E-state index in [2.05, 4.69) is 19.2 Å². The van der Waals surface area contributed by atoms with Gasteiger partial charge in [0.2, 0.25) is 5.91 Å². The summed E-state index contributed by atoms with van der Waals surface area (Å²) in [7, 11) is 1.66. The number of amides is 1. The Kier molecular flexibility index (Phi) is 4.46. The van der Waals surface area contributed by atoms with Gasteiger partial charge < -0.3 is 10.1 Å². The van der Waals surface area contributed by atoms with E-state index in [0.29, 0.717) is 5.92 Å². The molecule has 1 aliphatic rings. The summed E-state index contributed by atoms with van der Waals surface area (Å²) in [6.07, 6.45) is 4.75. The first-order valence-corrected chi connectivity index (χ1v) is 7.16. The van der Waals surface area contributed by atoms with Gasteiger partial charge in [-0.2, -0.15) is 0 Å². The molecule has 3 heteroatoms. The van der Waals surface area contributed by atoms with Gasteiger partial charge >= 0.3 is 0 Å². The van der Waals surface area contributed by atoms with Crippen LogP contribution in [0.3, 0.4) is 0 Å². The number of carbonyl (C=O) groups excluding carboxylic acids is 1. The molecule has 1 amide bonds. The molecule has 0 saturated heterocycles. The molecule has 1 aromatic rings. The lowest BCUT2D eigenvalue weighted by Crippen LogP contribution is -2.19. The minimum atomic E-state index is -0.0260. The second-order valence-electron chi connectivity index (χ2n) is 5.39. The molecule has 0 aliphatic carbocycles. The molecule has 0 saturated carbocycles. The largest absolute Gasteiger partial charge is 0.497 e. The van der Waals surface area contributed by atoms with Crippen LogP contribution in [0.15, 0.2) is 18.2 Å². The second kappa shape index (κ2) is 6.09. The van der Waals surface area contributed by atoms with E-state index in [0.717, 1.165) is 23.4 Å². The predicted octanol–water partition coefficient (Wildman–Crippen LogP) is 3.95. The summed E-state index contributed by atoms with van der Waals surface area (Å²) in [5.41, 5.74) is 2.03. The minimum absolute atomic E-state index is 0.0260. The molecule has 1 heterocycles. The van der Waals surface area contributed by atoms with Gasteiger partial charge in [-0.15, -0.1) is 0 Å². The number of anilines is 1. The highest BCUT2D eigenvalue weighted by atomic mass is 16.5. The number of fused-ring (bicyclic) bond motifs is 1. The van der Waals surface area contributed by atoms with E-state index in [1.54, 1.807) is 7.11 Å². The fourth-order valence-corrected chi connectivity index (χ4v) is 2.84. The van der Waals surface area contributed by atoms with Crippen molar-refractivity contribution < 1.29 is 9.53 Å². The molecular formula is C16H23NO2. The summed E-state index contributed by atoms with van der Waals surface area (Å²) < 4.78 is 5.26. The lowest BCUT2D eigenvalue weighted by molar-refractivity contribution is -0.118. The van der Waals surface area contributed by atoms with Gasteiger partial charge in [0.05, 0.1) is 13.0 Å². The van der Waals surface area contributed by atoms with E-state index < -0.39 is 0 Å². The molecule has 0 fully saturated rings. The molecule has 1 aliphatic heterocycles. The van der Waals surface area contributed by atoms with Gasteiger partial charge in [-0.05, 0) is 36.1 Å². The van der Waals surface area contributed by atoms with Crippen LogP contribution in [0, 0.1) is 5.92 Å². The van der Waals surface area contributed by atoms with E-state index in [1.807, 2.05) is 18.2 Å². The number of unbranched alkanes of at least 4 members (excludes halogenated alkanes) is 2. The van der Waals surface area contributed by atoms with E-state index in [9.17, 15) is 4.79 Å². The van der Waals surface area contributed by atoms with Gasteiger partial charge in [-0.25, -0.2) is 0 Å². The van der Waals surface area contributed by atoms with Crippen LogP contribution >= 0.6 is 0 Å². The predicted molar refractivity (Wildman–Crippen MR) is 77.7 cm³/mol. The SMILES string of the molecule is CCCCCC(C)C1C(=O)Nc2ccc(OC)cc21. The Morgan fingerprint density at radius 2 is 2.16 bits per heavy atom. The Hall–Kier alpha value is -1.51. The lowest BCUT2D eigenvalue weighted by atomic mass is 9.85. The lowest BCUT2D eigenvalue weighted by Gasteiger charge is -2.18. The molecule has 0 radical (unpaired) electrons. The molecule has 104 valence electrons. The summed E-state index contributed by atoms with van der Waals surface area (Å²) >= 11 is 0. The fraction of sp³-hybridized carbons (Fsp3) is 0.562. The van der Waals surface area contributed by atoms with Crippen molar-refractivity contribution >= 4 is 11.6 Å². The van der Waals surface area contributed by atoms with Crippen molar-refractivity contribution in [1.29, 1.82) is 0 Å². The Morgan fingerprint density at radius 3 is 2.84 bits per heavy atom. The van der Waals surface area contributed by atoms with Gasteiger partial charge in [0, 0.05) is 5.69 Å². The maximum absolute atomic E-state index is 12.2. The molecule has 0 bridgehead atoms. The maximum Gasteiger partial charge on any atom is 0.232 e. The first kappa shape index (κ1) is 13.9. The summed E-state index contributed by atoms with van der Waals surface area (Å²) in [4.78, 5) is 12.2. The molecule has 2 rings (SSSR count). The third-order valence-corrected chi connectivity index (χ3v) is 3.97. The zero-order valence-corrected chi connectivity index (χ0v) is 12.0. The van der Waals surface area contributed by atoms with E-state index >= 15 is 0 Å². The van der Waals surface area contributed by atoms with Crippen molar-refractivity contribution in [2.24, 2.45) is 5.92 Å². The van der Waals surface area contributed by atoms with Crippen LogP contribution in [-0.4, -0.2) is 13.0 Å². The zero-order chi connectivity index (χ0) is 13.8. The molecule has 2 atom stereocenters. The average molecular weight is 261 g/mol. The zero-order valence-electron chi connectivity index (χ0n) is 12.0. The monoisotopic (exact) mass is 261 g/mol. The molecule has 1 aromatic carbocycles. The van der Waals surface area contributed by atoms with Gasteiger partial charge in [-0.3, -0.25) is 4.79 Å². The molecule has 0 spiro atoms. The number of methoxy groups -OCH3 is 1. The number of carbonyl (C=O) groups is 1. The van der Waals surface area contributed by atoms with Crippen LogP contribution in [0.5, 0.6) is 5.75 Å². The Bertz CT molecular complexity index is 456. The van der Waals surface area contributed by atoms with E-state index in [-0.39, 0.29) is 11.8 Å². The van der Waals surface area contributed by atoms with Crippen molar-refractivity contribution in [2.75, 3.05) is 12.4 Å². The van der Waals surface area contributed by atoms with Crippen molar-refractivity contribution in [2.45, 2.75) is 45.4 Å². The smallest absolute Gasteiger partial charge is 0.232 e. The number of benzene rings is 1. The molecule has 1 N–H and O–H groups in total. The Morgan fingerprint density at radius 1 is 1.37 bits per heavy atom. The highest BCUT2D eigenvalue weighted by Crippen LogP contribution is 2.40. The highest BCUT2D eigenvalue weighted by Gasteiger charge is 2.34. The number of hydrogen-bond acceptors (Lipinski definition) is 2. The van der Waals surface area contributed by atoms with Gasteiger partial charge in [0.15, 0.2) is 0 Å². The number of rotatable bonds is 6. The van der Waals surface area contributed by atoms with Crippen molar-refractivity contribution in [3.63, 3.8) is 0 Å². The van der Waals surface area contributed by atoms with Crippen molar-refractivity contribution in [3.05, 3.63) is 23.8 Å². The summed E-state index contributed by atoms with van der Waals surface area (Å²) in [6, 6.07) is 5.82. The van der Waals surface area contributed by atoms with Gasteiger partial charge in [0.1, 0.15) is 5.75 Å². The summed E-state index contributed by atoms with van der Waals surface area (Å²) in [6.45, 7) is 4.38. The first-order valence-electron chi connectivity index (χ1n) is 7.16. The van der Waals surface area contributed by atoms with Gasteiger partial charge in [-0.1, -0.05) is 33.1 Å². The van der Waals surface area contributed by atoms with Crippen LogP contribution < -0.4 is 10.1 Å². The minimum Gasteiger partial charge on any atom is -0.497 e. The number of ether oxygens (including phenoxy) is 1. The Labute approximate surface area is 115 Å². The van der Waals surface area contributed by atoms with Crippen LogP contribution in [-0.2, 0) is 4.79 Å². The maximum atomic E-state index is 12.2. The fourth-order valence-electron chi connectivity index (χ4n) is 2.84. The Balaban J connectivity index is 2.16. The van der Waals surface area contributed by atoms with Crippen LogP contribution in [0.25, 0.3) is 0 Å². The average Bonchev–Trinajstić information content (AvgIpc) is 2.73. The summed E-state index contributed by atoms with van der Waals surface area (Å²) in [5.74, 6) is 1.30. The number of nitrogens with one attached hydrogen (secondary N) is 1. The van der Waals surface area contributed by atoms with Gasteiger partial charge in [0.25, 0.3) is 0 Å². The van der Waals surface area contributed by atoms with Crippen molar-refractivity contribution in [1.82, 2.24) is 0 Å². The molecule has 2 unspecified atom stereocenters. The van der Waals surface area contributed by atoms with E-state index in [4.69, 9.17) is 4.74 Å². The molecule has 3 nitrogen and oxygen atoms in total. The first-order chi connectivity index (χ1) is 9.17. The third-order valence-electron chi connectivity index (χ3n) is 3.97. The molecule has 19 heavy (non-hydrogen) atoms. The van der Waals surface area contributed by atoms with Crippen LogP contribution in [0.2, 0.25) is 0 Å². The van der Waals surface area contributed by atoms with Crippen molar-refractivity contribution in [3.8, 4) is 5.75 Å². The third kappa shape index (κ3) is 2.91. The molecule has 0 aromatic heterocycles. The molecular weight excluding hydrogens is 238 g/mol. The standard InChI is InChI=1S/C16H23NO2/c1-4-5-6-7-11(2)15-13-10-12(19-3)8-9-14(13)17-16(15)18/h8-11,15H,4-7H2,1-3H3,(H,17,18). The second-order valence-corrected chi connectivity index (χ2v) is 5.39. The normalized spacial score (nSPS) is 18.9. The van der Waals surface area contributed by atoms with Crippen LogP contribution in [0.1, 0.15) is 51.0 Å². The number of hydrogen-bond donors (Lipinski definition) is 1. The summed E-state index contributed by atoms with van der Waals surface area (Å²) in [5, 5.41) is 2.98. The van der Waals surface area contributed by atoms with E-state index in [1.165, 1.54) is 19.3 Å².